The standard InChI is InChI=1S/C19H27N5O3S2/c1-13-6-5-7-14(2)24(13)17(25)12-28-19-21-20-18(23(19)3)15-8-10-16(11-9-15)22-29(4,26)27/h8-11,13-14,22H,5-7,12H2,1-4H3. The predicted octanol–water partition coefficient (Wildman–Crippen LogP) is 2.74. The number of rotatable bonds is 6. The summed E-state index contributed by atoms with van der Waals surface area (Å²) in [7, 11) is -1.46. The van der Waals surface area contributed by atoms with Gasteiger partial charge in [-0.15, -0.1) is 10.2 Å². The van der Waals surface area contributed by atoms with E-state index in [-0.39, 0.29) is 18.0 Å². The monoisotopic (exact) mass is 437 g/mol. The highest BCUT2D eigenvalue weighted by Gasteiger charge is 2.29. The van der Waals surface area contributed by atoms with Gasteiger partial charge in [-0.05, 0) is 57.4 Å². The first-order valence-corrected chi connectivity index (χ1v) is 12.4. The SMILES string of the molecule is CC1CCCC(C)N1C(=O)CSc1nnc(-c2ccc(NS(C)(=O)=O)cc2)n1C. The first-order chi connectivity index (χ1) is 13.7. The number of thioether (sulfide) groups is 1. The lowest BCUT2D eigenvalue weighted by molar-refractivity contribution is -0.134. The predicted molar refractivity (Wildman–Crippen MR) is 115 cm³/mol. The van der Waals surface area contributed by atoms with Crippen molar-refractivity contribution in [2.24, 2.45) is 7.05 Å². The van der Waals surface area contributed by atoms with Crippen LogP contribution in [0.25, 0.3) is 11.4 Å². The Morgan fingerprint density at radius 3 is 2.38 bits per heavy atom. The number of carbonyl (C=O) groups excluding carboxylic acids is 1. The van der Waals surface area contributed by atoms with E-state index in [9.17, 15) is 13.2 Å². The third kappa shape index (κ3) is 5.30. The van der Waals surface area contributed by atoms with E-state index in [0.717, 1.165) is 24.7 Å². The van der Waals surface area contributed by atoms with E-state index >= 15 is 0 Å². The molecule has 2 aromatic rings. The second kappa shape index (κ2) is 8.74. The Labute approximate surface area is 176 Å². The summed E-state index contributed by atoms with van der Waals surface area (Å²) in [4.78, 5) is 14.7. The molecule has 1 N–H and O–H groups in total. The van der Waals surface area contributed by atoms with Gasteiger partial charge in [0.2, 0.25) is 15.9 Å². The van der Waals surface area contributed by atoms with Gasteiger partial charge in [-0.3, -0.25) is 9.52 Å². The average molecular weight is 438 g/mol. The Morgan fingerprint density at radius 2 is 1.79 bits per heavy atom. The van der Waals surface area contributed by atoms with Crippen LogP contribution < -0.4 is 4.72 Å². The van der Waals surface area contributed by atoms with Crippen molar-refractivity contribution in [3.8, 4) is 11.4 Å². The summed E-state index contributed by atoms with van der Waals surface area (Å²) in [5.41, 5.74) is 1.30. The fraction of sp³-hybridized carbons (Fsp3) is 0.526. The van der Waals surface area contributed by atoms with Crippen LogP contribution in [0.4, 0.5) is 5.69 Å². The quantitative estimate of drug-likeness (QED) is 0.698. The number of anilines is 1. The fourth-order valence-electron chi connectivity index (χ4n) is 3.71. The third-order valence-corrected chi connectivity index (χ3v) is 6.70. The van der Waals surface area contributed by atoms with Crippen LogP contribution in [-0.4, -0.2) is 58.1 Å². The molecule has 0 radical (unpaired) electrons. The van der Waals surface area contributed by atoms with Crippen LogP contribution in [0.15, 0.2) is 29.4 Å². The Balaban J connectivity index is 1.67. The molecule has 29 heavy (non-hydrogen) atoms. The summed E-state index contributed by atoms with van der Waals surface area (Å²) < 4.78 is 26.9. The molecule has 0 aliphatic carbocycles. The molecule has 10 heteroatoms. The van der Waals surface area contributed by atoms with Crippen molar-refractivity contribution in [1.29, 1.82) is 0 Å². The van der Waals surface area contributed by atoms with Crippen LogP contribution in [0, 0.1) is 0 Å². The first-order valence-electron chi connectivity index (χ1n) is 9.57. The second-order valence-corrected chi connectivity index (χ2v) is 10.2. The molecule has 0 bridgehead atoms. The summed E-state index contributed by atoms with van der Waals surface area (Å²) in [6.45, 7) is 4.22. The Kier molecular flexibility index (Phi) is 6.52. The van der Waals surface area contributed by atoms with Crippen LogP contribution in [0.5, 0.6) is 0 Å². The smallest absolute Gasteiger partial charge is 0.233 e. The molecule has 8 nitrogen and oxygen atoms in total. The van der Waals surface area contributed by atoms with Gasteiger partial charge in [-0.25, -0.2) is 8.42 Å². The number of carbonyl (C=O) groups is 1. The number of sulfonamides is 1. The molecule has 1 aromatic carbocycles. The lowest BCUT2D eigenvalue weighted by Gasteiger charge is -2.39. The van der Waals surface area contributed by atoms with E-state index in [4.69, 9.17) is 0 Å². The van der Waals surface area contributed by atoms with E-state index in [1.807, 2.05) is 16.5 Å². The van der Waals surface area contributed by atoms with Crippen LogP contribution in [0.1, 0.15) is 33.1 Å². The van der Waals surface area contributed by atoms with Gasteiger partial charge in [0.1, 0.15) is 0 Å². The number of benzene rings is 1. The molecule has 2 unspecified atom stereocenters. The molecule has 1 fully saturated rings. The Bertz CT molecular complexity index is 962. The van der Waals surface area contributed by atoms with Gasteiger partial charge < -0.3 is 9.47 Å². The van der Waals surface area contributed by atoms with Gasteiger partial charge in [-0.1, -0.05) is 11.8 Å². The zero-order chi connectivity index (χ0) is 21.2. The molecule has 0 saturated carbocycles. The van der Waals surface area contributed by atoms with E-state index < -0.39 is 10.0 Å². The molecular weight excluding hydrogens is 410 g/mol. The summed E-state index contributed by atoms with van der Waals surface area (Å²) in [6.07, 6.45) is 4.39. The van der Waals surface area contributed by atoms with E-state index in [1.54, 1.807) is 24.3 Å². The molecule has 1 amide bonds. The Hall–Kier alpha value is -2.07. The topological polar surface area (TPSA) is 97.2 Å². The first kappa shape index (κ1) is 21.6. The van der Waals surface area contributed by atoms with Crippen molar-refractivity contribution in [2.75, 3.05) is 16.7 Å². The van der Waals surface area contributed by atoms with Gasteiger partial charge in [0.15, 0.2) is 11.0 Å². The highest BCUT2D eigenvalue weighted by Crippen LogP contribution is 2.27. The van der Waals surface area contributed by atoms with Crippen molar-refractivity contribution in [2.45, 2.75) is 50.4 Å². The van der Waals surface area contributed by atoms with Crippen molar-refractivity contribution >= 4 is 33.4 Å². The molecule has 1 aliphatic heterocycles. The van der Waals surface area contributed by atoms with Crippen LogP contribution >= 0.6 is 11.8 Å². The summed E-state index contributed by atoms with van der Waals surface area (Å²) in [5, 5.41) is 9.13. The van der Waals surface area contributed by atoms with E-state index in [1.165, 1.54) is 18.2 Å². The molecule has 1 aromatic heterocycles. The van der Waals surface area contributed by atoms with Crippen LogP contribution in [-0.2, 0) is 21.9 Å². The number of hydrogen-bond acceptors (Lipinski definition) is 6. The minimum absolute atomic E-state index is 0.135. The van der Waals surface area contributed by atoms with Gasteiger partial charge in [0.05, 0.1) is 12.0 Å². The number of piperidine rings is 1. The summed E-state index contributed by atoms with van der Waals surface area (Å²) in [5.74, 6) is 1.12. The zero-order valence-corrected chi connectivity index (χ0v) is 18.8. The lowest BCUT2D eigenvalue weighted by Crippen LogP contribution is -2.48. The zero-order valence-electron chi connectivity index (χ0n) is 17.1. The number of likely N-dealkylation sites (tertiary alicyclic amines) is 1. The van der Waals surface area contributed by atoms with Crippen molar-refractivity contribution < 1.29 is 13.2 Å². The minimum Gasteiger partial charge on any atom is -0.337 e. The number of hydrogen-bond donors (Lipinski definition) is 1. The van der Waals surface area contributed by atoms with Crippen molar-refractivity contribution in [1.82, 2.24) is 19.7 Å². The van der Waals surface area contributed by atoms with Gasteiger partial charge in [0, 0.05) is 30.4 Å². The molecule has 1 saturated heterocycles. The normalized spacial score (nSPS) is 19.9. The summed E-state index contributed by atoms with van der Waals surface area (Å²) >= 11 is 1.39. The molecular formula is C19H27N5O3S2. The van der Waals surface area contributed by atoms with Crippen LogP contribution in [0.2, 0.25) is 0 Å². The van der Waals surface area contributed by atoms with Gasteiger partial charge >= 0.3 is 0 Å². The number of nitrogens with one attached hydrogen (secondary N) is 1. The highest BCUT2D eigenvalue weighted by molar-refractivity contribution is 7.99. The maximum absolute atomic E-state index is 12.7. The van der Waals surface area contributed by atoms with Crippen molar-refractivity contribution in [3.63, 3.8) is 0 Å². The third-order valence-electron chi connectivity index (χ3n) is 5.09. The summed E-state index contributed by atoms with van der Waals surface area (Å²) in [6, 6.07) is 7.49. The number of aromatic nitrogens is 3. The average Bonchev–Trinajstić information content (AvgIpc) is 3.00. The molecule has 1 aliphatic rings. The number of nitrogens with zero attached hydrogens (tertiary/aromatic N) is 4. The molecule has 2 atom stereocenters. The van der Waals surface area contributed by atoms with Crippen molar-refractivity contribution in [3.05, 3.63) is 24.3 Å². The lowest BCUT2D eigenvalue weighted by atomic mass is 9.98. The minimum atomic E-state index is -3.31. The fourth-order valence-corrected chi connectivity index (χ4v) is 5.05. The second-order valence-electron chi connectivity index (χ2n) is 7.54. The number of amides is 1. The van der Waals surface area contributed by atoms with E-state index in [0.29, 0.717) is 22.4 Å². The maximum atomic E-state index is 12.7. The Morgan fingerprint density at radius 1 is 1.17 bits per heavy atom. The van der Waals surface area contributed by atoms with E-state index in [2.05, 4.69) is 28.8 Å². The molecule has 158 valence electrons. The largest absolute Gasteiger partial charge is 0.337 e. The molecule has 2 heterocycles. The molecule has 3 rings (SSSR count). The van der Waals surface area contributed by atoms with Crippen LogP contribution in [0.3, 0.4) is 0 Å². The highest BCUT2D eigenvalue weighted by atomic mass is 32.2. The van der Waals surface area contributed by atoms with Gasteiger partial charge in [0.25, 0.3) is 0 Å². The maximum Gasteiger partial charge on any atom is 0.233 e. The van der Waals surface area contributed by atoms with Gasteiger partial charge in [-0.2, -0.15) is 0 Å². The molecule has 0 spiro atoms.